The van der Waals surface area contributed by atoms with E-state index in [9.17, 15) is 78.6 Å². The number of hydrogen-bond acceptors (Lipinski definition) is 16. The maximum Gasteiger partial charge on any atom is 0.326 e. The molecule has 0 radical (unpaired) electrons. The number of amides is 9. The number of nitrogens with two attached hydrogens (primary N) is 3. The number of carbonyl (C=O) groups excluding carboxylic acids is 9. The lowest BCUT2D eigenvalue weighted by Gasteiger charge is -2.28. The smallest absolute Gasteiger partial charge is 0.326 e. The zero-order valence-electron chi connectivity index (χ0n) is 40.5. The van der Waals surface area contributed by atoms with E-state index in [2.05, 4.69) is 37.2 Å². The number of phenolic OH excluding ortho intramolecular Hbond substituents is 3. The molecule has 0 spiro atoms. The number of hydrogen-bond donors (Lipinski definition) is 16. The molecule has 0 saturated heterocycles. The van der Waals surface area contributed by atoms with E-state index in [4.69, 9.17) is 17.2 Å². The predicted molar refractivity (Wildman–Crippen MR) is 260 cm³/mol. The van der Waals surface area contributed by atoms with Crippen LogP contribution in [0.3, 0.4) is 0 Å². The quantitative estimate of drug-likeness (QED) is 0.0301. The standard InChI is InChI=1S/C48H64N10O16/c1-24(2)17-37(48(73)74)57-47(72)38(23-60)58-46(71)36(21-40(51)65)56-45(70)35(20-27-7-13-30(63)14-8-27)55-44(69)34(19-26-5-11-29(62)12-6-26)54-43(68)33(18-25-3-9-28(61)10-4-25)53-42(67)32(15-16-39(50)64)52-41(66)31(49)22-59/h3-14,24,31-38,59-63H,15-23,49H2,1-2H3,(H2,50,64)(H2,51,65)(H,52,66)(H,53,67)(H,54,68)(H,55,69)(H,56,70)(H,57,72)(H,58,71)(H,73,74)/t31-,32-,33-,34-,35-,36-,37-,38-/m0/s1. The van der Waals surface area contributed by atoms with E-state index < -0.39 is 134 Å². The number of carboxylic acid groups (broad SMARTS) is 1. The van der Waals surface area contributed by atoms with Gasteiger partial charge in [0.25, 0.3) is 0 Å². The molecule has 0 heterocycles. The zero-order valence-corrected chi connectivity index (χ0v) is 40.5. The molecule has 9 amide bonds. The monoisotopic (exact) mass is 1040 g/mol. The van der Waals surface area contributed by atoms with Crippen molar-refractivity contribution in [3.63, 3.8) is 0 Å². The Morgan fingerprint density at radius 1 is 0.446 bits per heavy atom. The molecule has 26 heteroatoms. The summed E-state index contributed by atoms with van der Waals surface area (Å²) in [5.74, 6) is -11.6. The van der Waals surface area contributed by atoms with Gasteiger partial charge in [-0.15, -0.1) is 0 Å². The molecule has 0 bridgehead atoms. The van der Waals surface area contributed by atoms with Gasteiger partial charge in [-0.25, -0.2) is 4.79 Å². The topological polar surface area (TPSA) is 454 Å². The number of aliphatic hydroxyl groups excluding tert-OH is 2. The number of rotatable bonds is 30. The fourth-order valence-corrected chi connectivity index (χ4v) is 7.08. The fraction of sp³-hybridized carbons (Fsp3) is 0.417. The lowest BCUT2D eigenvalue weighted by molar-refractivity contribution is -0.143. The van der Waals surface area contributed by atoms with E-state index in [1.165, 1.54) is 72.8 Å². The van der Waals surface area contributed by atoms with Gasteiger partial charge in [0.1, 0.15) is 65.6 Å². The van der Waals surface area contributed by atoms with Crippen LogP contribution in [0.4, 0.5) is 0 Å². The first-order valence-corrected chi connectivity index (χ1v) is 23.1. The molecule has 26 nitrogen and oxygen atoms in total. The molecule has 0 aliphatic carbocycles. The van der Waals surface area contributed by atoms with Crippen LogP contribution in [0.15, 0.2) is 72.8 Å². The summed E-state index contributed by atoms with van der Waals surface area (Å²) in [6, 6.07) is 3.16. The second-order valence-corrected chi connectivity index (χ2v) is 17.7. The van der Waals surface area contributed by atoms with Gasteiger partial charge in [0.15, 0.2) is 0 Å². The van der Waals surface area contributed by atoms with Crippen molar-refractivity contribution in [1.82, 2.24) is 37.2 Å². The highest BCUT2D eigenvalue weighted by molar-refractivity contribution is 5.99. The summed E-state index contributed by atoms with van der Waals surface area (Å²) in [5, 5.41) is 75.6. The Hall–Kier alpha value is -8.36. The van der Waals surface area contributed by atoms with Crippen LogP contribution in [0.25, 0.3) is 0 Å². The Kier molecular flexibility index (Phi) is 23.7. The minimum atomic E-state index is -1.88. The summed E-state index contributed by atoms with van der Waals surface area (Å²) in [5.41, 5.74) is 17.4. The second kappa shape index (κ2) is 29.2. The van der Waals surface area contributed by atoms with Crippen LogP contribution in [-0.4, -0.2) is 151 Å². The number of carboxylic acids is 1. The lowest BCUT2D eigenvalue weighted by atomic mass is 10.00. The van der Waals surface area contributed by atoms with Crippen molar-refractivity contribution in [3.8, 4) is 17.2 Å². The molecule has 0 fully saturated rings. The van der Waals surface area contributed by atoms with Gasteiger partial charge < -0.3 is 85.1 Å². The molecule has 0 saturated carbocycles. The van der Waals surface area contributed by atoms with Crippen molar-refractivity contribution in [2.75, 3.05) is 13.2 Å². The van der Waals surface area contributed by atoms with Crippen LogP contribution in [-0.2, 0) is 67.2 Å². The van der Waals surface area contributed by atoms with E-state index in [1.807, 2.05) is 0 Å². The number of carbonyl (C=O) groups is 10. The Balaban J connectivity index is 2.05. The van der Waals surface area contributed by atoms with Gasteiger partial charge in [-0.2, -0.15) is 0 Å². The minimum Gasteiger partial charge on any atom is -0.508 e. The molecule has 3 aromatic rings. The summed E-state index contributed by atoms with van der Waals surface area (Å²) in [6.45, 7) is 1.53. The second-order valence-electron chi connectivity index (χ2n) is 17.7. The lowest BCUT2D eigenvalue weighted by Crippen LogP contribution is -2.61. The average molecular weight is 1040 g/mol. The molecule has 8 atom stereocenters. The molecule has 74 heavy (non-hydrogen) atoms. The number of benzene rings is 3. The maximum atomic E-state index is 14.6. The van der Waals surface area contributed by atoms with Gasteiger partial charge in [0, 0.05) is 25.7 Å². The third-order valence-corrected chi connectivity index (χ3v) is 11.0. The van der Waals surface area contributed by atoms with E-state index >= 15 is 0 Å². The largest absolute Gasteiger partial charge is 0.508 e. The van der Waals surface area contributed by atoms with Gasteiger partial charge in [-0.1, -0.05) is 50.2 Å². The number of phenols is 3. The van der Waals surface area contributed by atoms with E-state index in [0.29, 0.717) is 16.7 Å². The summed E-state index contributed by atoms with van der Waals surface area (Å²) in [6.07, 6.45) is -2.74. The van der Waals surface area contributed by atoms with Crippen molar-refractivity contribution >= 4 is 59.1 Å². The van der Waals surface area contributed by atoms with Crippen LogP contribution >= 0.6 is 0 Å². The molecule has 19 N–H and O–H groups in total. The van der Waals surface area contributed by atoms with E-state index in [0.717, 1.165) is 0 Å². The van der Waals surface area contributed by atoms with E-state index in [-0.39, 0.29) is 55.3 Å². The summed E-state index contributed by atoms with van der Waals surface area (Å²) in [7, 11) is 0. The number of aliphatic carboxylic acids is 1. The van der Waals surface area contributed by atoms with Crippen molar-refractivity contribution < 1.29 is 78.6 Å². The van der Waals surface area contributed by atoms with Gasteiger partial charge in [0.05, 0.1) is 19.6 Å². The fourth-order valence-electron chi connectivity index (χ4n) is 7.08. The third kappa shape index (κ3) is 20.4. The van der Waals surface area contributed by atoms with Crippen molar-refractivity contribution in [3.05, 3.63) is 89.5 Å². The predicted octanol–water partition coefficient (Wildman–Crippen LogP) is -4.19. The maximum absolute atomic E-state index is 14.6. The SMILES string of the molecule is CC(C)C[C@H](NC(=O)[C@H](CO)NC(=O)[C@H](CC(N)=O)NC(=O)[C@H](Cc1ccc(O)cc1)NC(=O)[C@H](Cc1ccc(O)cc1)NC(=O)[C@H](Cc1ccc(O)cc1)NC(=O)[C@H](CCC(N)=O)NC(=O)[C@@H](N)CO)C(=O)O. The van der Waals surface area contributed by atoms with Crippen LogP contribution in [0.5, 0.6) is 17.2 Å². The molecule has 0 aliphatic rings. The molecule has 3 aromatic carbocycles. The highest BCUT2D eigenvalue weighted by atomic mass is 16.4. The summed E-state index contributed by atoms with van der Waals surface area (Å²) < 4.78 is 0. The zero-order chi connectivity index (χ0) is 55.2. The highest BCUT2D eigenvalue weighted by Gasteiger charge is 2.35. The van der Waals surface area contributed by atoms with Gasteiger partial charge >= 0.3 is 5.97 Å². The van der Waals surface area contributed by atoms with E-state index in [1.54, 1.807) is 13.8 Å². The first-order chi connectivity index (χ1) is 34.9. The number of nitrogens with one attached hydrogen (secondary N) is 7. The summed E-state index contributed by atoms with van der Waals surface area (Å²) in [4.78, 5) is 132. The van der Waals surface area contributed by atoms with Gasteiger partial charge in [0.2, 0.25) is 53.2 Å². The normalized spacial score (nSPS) is 14.2. The Labute approximate surface area is 424 Å². The number of aromatic hydroxyl groups is 3. The van der Waals surface area contributed by atoms with Crippen molar-refractivity contribution in [1.29, 1.82) is 0 Å². The minimum absolute atomic E-state index is 0.0121. The Morgan fingerprint density at radius 3 is 1.11 bits per heavy atom. The molecular formula is C48H64N10O16. The third-order valence-electron chi connectivity index (χ3n) is 11.0. The highest BCUT2D eigenvalue weighted by Crippen LogP contribution is 2.16. The van der Waals surface area contributed by atoms with Crippen LogP contribution in [0.2, 0.25) is 0 Å². The molecular weight excluding hydrogens is 973 g/mol. The number of aliphatic hydroxyl groups is 2. The molecule has 0 unspecified atom stereocenters. The summed E-state index contributed by atoms with van der Waals surface area (Å²) >= 11 is 0. The molecule has 0 aliphatic heterocycles. The number of primary amides is 2. The van der Waals surface area contributed by atoms with Gasteiger partial charge in [-0.05, 0) is 71.8 Å². The van der Waals surface area contributed by atoms with Crippen molar-refractivity contribution in [2.24, 2.45) is 23.1 Å². The van der Waals surface area contributed by atoms with Crippen LogP contribution in [0, 0.1) is 5.92 Å². The van der Waals surface area contributed by atoms with Crippen molar-refractivity contribution in [2.45, 2.75) is 107 Å². The molecule has 3 rings (SSSR count). The molecule has 402 valence electrons. The Bertz CT molecular complexity index is 2440. The molecule has 0 aromatic heterocycles. The van der Waals surface area contributed by atoms with Crippen LogP contribution < -0.4 is 54.4 Å². The van der Waals surface area contributed by atoms with Gasteiger partial charge in [-0.3, -0.25) is 43.2 Å². The first-order valence-electron chi connectivity index (χ1n) is 23.1. The average Bonchev–Trinajstić information content (AvgIpc) is 3.34. The first kappa shape index (κ1) is 59.9. The Morgan fingerprint density at radius 2 is 0.770 bits per heavy atom. The van der Waals surface area contributed by atoms with Crippen LogP contribution in [0.1, 0.15) is 56.2 Å².